The third kappa shape index (κ3) is 6.03. The van der Waals surface area contributed by atoms with Crippen molar-refractivity contribution >= 4 is 23.5 Å². The van der Waals surface area contributed by atoms with Gasteiger partial charge in [-0.2, -0.15) is 4.98 Å². The predicted molar refractivity (Wildman–Crippen MR) is 117 cm³/mol. The average molecular weight is 474 g/mol. The summed E-state index contributed by atoms with van der Waals surface area (Å²) in [5, 5.41) is 5.64. The molecule has 0 saturated carbocycles. The van der Waals surface area contributed by atoms with Crippen molar-refractivity contribution in [2.24, 2.45) is 0 Å². The van der Waals surface area contributed by atoms with Gasteiger partial charge < -0.3 is 25.0 Å². The fraction of sp³-hybridized carbons (Fsp3) is 0.273. The lowest BCUT2D eigenvalue weighted by atomic mass is 10.2. The van der Waals surface area contributed by atoms with Crippen molar-refractivity contribution in [3.8, 4) is 11.5 Å². The van der Waals surface area contributed by atoms with Crippen LogP contribution in [-0.2, 0) is 0 Å². The molecule has 178 valence electrons. The van der Waals surface area contributed by atoms with Gasteiger partial charge in [-0.25, -0.2) is 9.97 Å². The molecule has 0 radical (unpaired) electrons. The molecule has 1 atom stereocenters. The molecule has 2 aromatic carbocycles. The topological polar surface area (TPSA) is 102 Å². The van der Waals surface area contributed by atoms with Crippen molar-refractivity contribution in [1.29, 1.82) is 0 Å². The molecule has 1 aromatic heterocycles. The lowest BCUT2D eigenvalue weighted by Gasteiger charge is -2.17. The standard InChI is InChI=1S/C22H21F3N6O3/c1-26-19(32)14-3-2-4-15(11-14)29-20-27-13-28-21(30-20)31-10-9-18(12-31)33-16-5-7-17(8-6-16)34-22(23,24)25/h2-8,11,13,18H,9-10,12H2,1H3,(H,26,32)(H,27,28,29,30)/t18-/m0/s1. The first-order chi connectivity index (χ1) is 16.3. The van der Waals surface area contributed by atoms with Crippen LogP contribution in [0, 0.1) is 0 Å². The van der Waals surface area contributed by atoms with Crippen LogP contribution in [0.25, 0.3) is 0 Å². The van der Waals surface area contributed by atoms with Gasteiger partial charge in [0.15, 0.2) is 0 Å². The van der Waals surface area contributed by atoms with E-state index >= 15 is 0 Å². The molecule has 9 nitrogen and oxygen atoms in total. The van der Waals surface area contributed by atoms with E-state index < -0.39 is 6.36 Å². The second-order valence-corrected chi connectivity index (χ2v) is 7.39. The number of amides is 1. The second kappa shape index (κ2) is 9.81. The first kappa shape index (κ1) is 23.1. The van der Waals surface area contributed by atoms with Crippen LogP contribution in [0.2, 0.25) is 0 Å². The van der Waals surface area contributed by atoms with Crippen molar-refractivity contribution < 1.29 is 27.4 Å². The summed E-state index contributed by atoms with van der Waals surface area (Å²) >= 11 is 0. The average Bonchev–Trinajstić information content (AvgIpc) is 3.28. The number of anilines is 3. The summed E-state index contributed by atoms with van der Waals surface area (Å²) in [6.45, 7) is 1.13. The van der Waals surface area contributed by atoms with Gasteiger partial charge in [0.2, 0.25) is 11.9 Å². The number of halogens is 3. The molecule has 1 saturated heterocycles. The van der Waals surface area contributed by atoms with Crippen LogP contribution in [0.15, 0.2) is 54.9 Å². The molecule has 1 fully saturated rings. The van der Waals surface area contributed by atoms with Gasteiger partial charge in [0.05, 0.1) is 6.54 Å². The van der Waals surface area contributed by atoms with Crippen LogP contribution in [0.5, 0.6) is 11.5 Å². The Hall–Kier alpha value is -4.09. The zero-order valence-electron chi connectivity index (χ0n) is 18.0. The van der Waals surface area contributed by atoms with E-state index in [0.717, 1.165) is 0 Å². The van der Waals surface area contributed by atoms with Crippen molar-refractivity contribution in [1.82, 2.24) is 20.3 Å². The van der Waals surface area contributed by atoms with Crippen molar-refractivity contribution in [3.05, 3.63) is 60.4 Å². The molecule has 1 aliphatic rings. The summed E-state index contributed by atoms with van der Waals surface area (Å²) in [7, 11) is 1.56. The molecule has 2 N–H and O–H groups in total. The van der Waals surface area contributed by atoms with Crippen molar-refractivity contribution in [2.75, 3.05) is 30.4 Å². The van der Waals surface area contributed by atoms with Gasteiger partial charge in [0.1, 0.15) is 23.9 Å². The maximum Gasteiger partial charge on any atom is 0.573 e. The molecule has 0 unspecified atom stereocenters. The zero-order chi connectivity index (χ0) is 24.1. The van der Waals surface area contributed by atoms with Crippen molar-refractivity contribution in [3.63, 3.8) is 0 Å². The number of aromatic nitrogens is 3. The number of benzene rings is 2. The first-order valence-corrected chi connectivity index (χ1v) is 10.3. The third-order valence-electron chi connectivity index (χ3n) is 4.96. The molecule has 12 heteroatoms. The van der Waals surface area contributed by atoms with E-state index in [1.807, 2.05) is 4.90 Å². The van der Waals surface area contributed by atoms with Crippen molar-refractivity contribution in [2.45, 2.75) is 18.9 Å². The minimum Gasteiger partial charge on any atom is -0.489 e. The molecule has 1 amide bonds. The number of hydrogen-bond acceptors (Lipinski definition) is 8. The van der Waals surface area contributed by atoms with Gasteiger partial charge in [-0.1, -0.05) is 6.07 Å². The SMILES string of the molecule is CNC(=O)c1cccc(Nc2ncnc(N3CC[C@H](Oc4ccc(OC(F)(F)F)cc4)C3)n2)c1. The second-order valence-electron chi connectivity index (χ2n) is 7.39. The van der Waals surface area contributed by atoms with Gasteiger partial charge in [0.25, 0.3) is 5.91 Å². The van der Waals surface area contributed by atoms with E-state index in [1.54, 1.807) is 31.3 Å². The lowest BCUT2D eigenvalue weighted by molar-refractivity contribution is -0.274. The van der Waals surface area contributed by atoms with E-state index in [9.17, 15) is 18.0 Å². The number of rotatable bonds is 7. The lowest BCUT2D eigenvalue weighted by Crippen LogP contribution is -2.26. The Kier molecular flexibility index (Phi) is 6.66. The van der Waals surface area contributed by atoms with E-state index in [2.05, 4.69) is 30.3 Å². The quantitative estimate of drug-likeness (QED) is 0.536. The number of hydrogen-bond donors (Lipinski definition) is 2. The fourth-order valence-electron chi connectivity index (χ4n) is 3.43. The monoisotopic (exact) mass is 474 g/mol. The van der Waals surface area contributed by atoms with Crippen LogP contribution >= 0.6 is 0 Å². The van der Waals surface area contributed by atoms with E-state index in [4.69, 9.17) is 4.74 Å². The number of carbonyl (C=O) groups is 1. The summed E-state index contributed by atoms with van der Waals surface area (Å²) in [5.41, 5.74) is 1.15. The van der Waals surface area contributed by atoms with E-state index in [-0.39, 0.29) is 17.8 Å². The van der Waals surface area contributed by atoms with Gasteiger partial charge in [-0.15, -0.1) is 13.2 Å². The number of ether oxygens (including phenoxy) is 2. The van der Waals surface area contributed by atoms with Gasteiger partial charge in [-0.3, -0.25) is 4.79 Å². The zero-order valence-corrected chi connectivity index (χ0v) is 18.0. The highest BCUT2D eigenvalue weighted by molar-refractivity contribution is 5.95. The maximum atomic E-state index is 12.3. The molecule has 34 heavy (non-hydrogen) atoms. The molecule has 0 spiro atoms. The van der Waals surface area contributed by atoms with Gasteiger partial charge in [-0.05, 0) is 42.5 Å². The fourth-order valence-corrected chi connectivity index (χ4v) is 3.43. The van der Waals surface area contributed by atoms with Gasteiger partial charge in [0, 0.05) is 31.3 Å². The number of nitrogens with zero attached hydrogens (tertiary/aromatic N) is 4. The summed E-state index contributed by atoms with van der Waals surface area (Å²) in [6.07, 6.45) is -2.85. The molecule has 0 bridgehead atoms. The Morgan fingerprint density at radius 3 is 2.62 bits per heavy atom. The van der Waals surface area contributed by atoms with Gasteiger partial charge >= 0.3 is 6.36 Å². The highest BCUT2D eigenvalue weighted by Gasteiger charge is 2.31. The first-order valence-electron chi connectivity index (χ1n) is 10.3. The predicted octanol–water partition coefficient (Wildman–Crippen LogP) is 3.53. The van der Waals surface area contributed by atoms with Crippen LogP contribution in [0.4, 0.5) is 30.8 Å². The number of alkyl halides is 3. The Morgan fingerprint density at radius 2 is 1.88 bits per heavy atom. The Labute approximate surface area is 192 Å². The largest absolute Gasteiger partial charge is 0.573 e. The number of carbonyl (C=O) groups excluding carboxylic acids is 1. The van der Waals surface area contributed by atoms with Crippen LogP contribution < -0.4 is 25.0 Å². The smallest absolute Gasteiger partial charge is 0.489 e. The molecule has 1 aliphatic heterocycles. The highest BCUT2D eigenvalue weighted by atomic mass is 19.4. The molecule has 3 aromatic rings. The normalized spacial score (nSPS) is 15.6. The molecular formula is C22H21F3N6O3. The summed E-state index contributed by atoms with van der Waals surface area (Å²) < 4.78 is 46.6. The molecule has 2 heterocycles. The molecule has 4 rings (SSSR count). The van der Waals surface area contributed by atoms with Crippen LogP contribution in [0.3, 0.4) is 0 Å². The number of nitrogens with one attached hydrogen (secondary N) is 2. The van der Waals surface area contributed by atoms with E-state index in [0.29, 0.717) is 48.4 Å². The highest BCUT2D eigenvalue weighted by Crippen LogP contribution is 2.27. The Morgan fingerprint density at radius 1 is 1.12 bits per heavy atom. The molecular weight excluding hydrogens is 453 g/mol. The summed E-state index contributed by atoms with van der Waals surface area (Å²) in [4.78, 5) is 26.6. The van der Waals surface area contributed by atoms with E-state index in [1.165, 1.54) is 30.6 Å². The summed E-state index contributed by atoms with van der Waals surface area (Å²) in [6, 6.07) is 12.2. The minimum atomic E-state index is -4.74. The third-order valence-corrected chi connectivity index (χ3v) is 4.96. The Bertz CT molecular complexity index is 1140. The Balaban J connectivity index is 1.36. The summed E-state index contributed by atoms with van der Waals surface area (Å²) in [5.74, 6) is 0.712. The van der Waals surface area contributed by atoms with Crippen LogP contribution in [0.1, 0.15) is 16.8 Å². The maximum absolute atomic E-state index is 12.3. The minimum absolute atomic E-state index is 0.188. The van der Waals surface area contributed by atoms with Crippen LogP contribution in [-0.4, -0.2) is 53.5 Å². The molecule has 0 aliphatic carbocycles.